The van der Waals surface area contributed by atoms with Gasteiger partial charge in [-0.2, -0.15) is 0 Å². The second kappa shape index (κ2) is 9.35. The average Bonchev–Trinajstić information content (AvgIpc) is 3.04. The average molecular weight is 449 g/mol. The Kier molecular flexibility index (Phi) is 6.51. The molecule has 33 heavy (non-hydrogen) atoms. The summed E-state index contributed by atoms with van der Waals surface area (Å²) in [5, 5.41) is 5.81. The summed E-state index contributed by atoms with van der Waals surface area (Å²) in [6.07, 6.45) is 3.21. The number of aryl methyl sites for hydroxylation is 2. The molecule has 0 saturated carbocycles. The predicted octanol–water partition coefficient (Wildman–Crippen LogP) is 2.75. The Hall–Kier alpha value is -3.19. The lowest BCUT2D eigenvalue weighted by molar-refractivity contribution is -0.135. The zero-order valence-corrected chi connectivity index (χ0v) is 19.6. The number of benzene rings is 2. The molecular weight excluding hydrogens is 416 g/mol. The van der Waals surface area contributed by atoms with Gasteiger partial charge in [0, 0.05) is 6.54 Å². The fraction of sp³-hybridized carbons (Fsp3) is 0.423. The Morgan fingerprint density at radius 3 is 2.58 bits per heavy atom. The lowest BCUT2D eigenvalue weighted by Gasteiger charge is -2.33. The van der Waals surface area contributed by atoms with Crippen LogP contribution in [0.25, 0.3) is 0 Å². The summed E-state index contributed by atoms with van der Waals surface area (Å²) in [5.74, 6) is -0.689. The zero-order valence-electron chi connectivity index (χ0n) is 19.6. The van der Waals surface area contributed by atoms with Crippen LogP contribution in [0.5, 0.6) is 0 Å². The quantitative estimate of drug-likeness (QED) is 0.638. The van der Waals surface area contributed by atoms with E-state index in [9.17, 15) is 14.4 Å². The minimum atomic E-state index is -1.06. The molecule has 2 aliphatic rings. The van der Waals surface area contributed by atoms with Crippen molar-refractivity contribution in [1.29, 1.82) is 0 Å². The molecule has 2 unspecified atom stereocenters. The van der Waals surface area contributed by atoms with Crippen LogP contribution in [0.3, 0.4) is 0 Å². The highest BCUT2D eigenvalue weighted by molar-refractivity contribution is 6.09. The number of carbonyl (C=O) groups is 3. The summed E-state index contributed by atoms with van der Waals surface area (Å²) < 4.78 is 0. The van der Waals surface area contributed by atoms with Crippen LogP contribution in [-0.2, 0) is 28.0 Å². The molecule has 1 fully saturated rings. The van der Waals surface area contributed by atoms with Crippen LogP contribution in [0.15, 0.2) is 48.5 Å². The number of likely N-dealkylation sites (N-methyl/N-ethyl adjacent to an activating group) is 1. The van der Waals surface area contributed by atoms with Gasteiger partial charge in [0.1, 0.15) is 12.1 Å². The predicted molar refractivity (Wildman–Crippen MR) is 127 cm³/mol. The molecule has 0 bridgehead atoms. The molecule has 4 rings (SSSR count). The van der Waals surface area contributed by atoms with Gasteiger partial charge in [-0.15, -0.1) is 0 Å². The number of urea groups is 1. The number of carbonyl (C=O) groups excluding carboxylic acids is 3. The Morgan fingerprint density at radius 1 is 1.15 bits per heavy atom. The second-order valence-electron chi connectivity index (χ2n) is 9.12. The summed E-state index contributed by atoms with van der Waals surface area (Å²) in [6, 6.07) is 15.6. The molecule has 7 nitrogen and oxygen atoms in total. The van der Waals surface area contributed by atoms with Crippen LogP contribution < -0.4 is 10.6 Å². The zero-order chi connectivity index (χ0) is 23.6. The highest BCUT2D eigenvalue weighted by Crippen LogP contribution is 2.39. The van der Waals surface area contributed by atoms with Gasteiger partial charge in [0.05, 0.1) is 6.04 Å². The van der Waals surface area contributed by atoms with Crippen LogP contribution >= 0.6 is 0 Å². The molecule has 1 aliphatic carbocycles. The number of imide groups is 1. The van der Waals surface area contributed by atoms with Crippen LogP contribution in [0.1, 0.15) is 48.1 Å². The van der Waals surface area contributed by atoms with E-state index >= 15 is 0 Å². The van der Waals surface area contributed by atoms with Gasteiger partial charge in [0.25, 0.3) is 5.91 Å². The third kappa shape index (κ3) is 4.37. The second-order valence-corrected chi connectivity index (χ2v) is 9.12. The van der Waals surface area contributed by atoms with Crippen molar-refractivity contribution in [2.24, 2.45) is 0 Å². The van der Waals surface area contributed by atoms with E-state index in [0.717, 1.165) is 40.9 Å². The molecule has 2 aromatic carbocycles. The molecule has 1 aliphatic heterocycles. The summed E-state index contributed by atoms with van der Waals surface area (Å²) >= 11 is 0. The molecular formula is C26H32N4O3. The fourth-order valence-electron chi connectivity index (χ4n) is 4.94. The van der Waals surface area contributed by atoms with Gasteiger partial charge in [-0.3, -0.25) is 14.5 Å². The van der Waals surface area contributed by atoms with Gasteiger partial charge in [-0.05, 0) is 62.0 Å². The Morgan fingerprint density at radius 2 is 1.88 bits per heavy atom. The molecule has 1 heterocycles. The highest BCUT2D eigenvalue weighted by atomic mass is 16.2. The van der Waals surface area contributed by atoms with Gasteiger partial charge in [0.2, 0.25) is 5.91 Å². The molecule has 2 aromatic rings. The van der Waals surface area contributed by atoms with Crippen molar-refractivity contribution in [3.8, 4) is 0 Å². The molecule has 2 atom stereocenters. The van der Waals surface area contributed by atoms with E-state index in [1.165, 1.54) is 5.56 Å². The van der Waals surface area contributed by atoms with Gasteiger partial charge in [-0.1, -0.05) is 55.5 Å². The van der Waals surface area contributed by atoms with Crippen molar-refractivity contribution >= 4 is 17.8 Å². The van der Waals surface area contributed by atoms with Crippen molar-refractivity contribution in [1.82, 2.24) is 20.4 Å². The van der Waals surface area contributed by atoms with Crippen molar-refractivity contribution in [2.45, 2.75) is 44.2 Å². The first-order valence-corrected chi connectivity index (χ1v) is 11.6. The molecule has 0 radical (unpaired) electrons. The lowest BCUT2D eigenvalue weighted by atomic mass is 9.76. The molecule has 1 spiro atoms. The number of rotatable bonds is 7. The molecule has 174 valence electrons. The Labute approximate surface area is 195 Å². The molecule has 4 amide bonds. The van der Waals surface area contributed by atoms with E-state index in [4.69, 9.17) is 0 Å². The Bertz CT molecular complexity index is 1050. The molecule has 0 aromatic heterocycles. The van der Waals surface area contributed by atoms with Crippen molar-refractivity contribution in [3.05, 3.63) is 70.8 Å². The Balaban J connectivity index is 1.43. The van der Waals surface area contributed by atoms with E-state index in [2.05, 4.69) is 41.8 Å². The van der Waals surface area contributed by atoms with Gasteiger partial charge < -0.3 is 15.5 Å². The first kappa shape index (κ1) is 23.0. The number of hydrogen-bond acceptors (Lipinski definition) is 4. The number of nitrogens with one attached hydrogen (secondary N) is 2. The van der Waals surface area contributed by atoms with Gasteiger partial charge in [-0.25, -0.2) is 4.79 Å². The first-order valence-electron chi connectivity index (χ1n) is 11.6. The topological polar surface area (TPSA) is 81.8 Å². The molecule has 1 saturated heterocycles. The smallest absolute Gasteiger partial charge is 0.325 e. The number of nitrogens with zero attached hydrogens (tertiary/aromatic N) is 2. The van der Waals surface area contributed by atoms with Gasteiger partial charge in [0.15, 0.2) is 0 Å². The van der Waals surface area contributed by atoms with Crippen LogP contribution in [0, 0.1) is 0 Å². The van der Waals surface area contributed by atoms with E-state index < -0.39 is 11.6 Å². The van der Waals surface area contributed by atoms with Crippen LogP contribution in [-0.4, -0.2) is 54.8 Å². The van der Waals surface area contributed by atoms with E-state index in [1.807, 2.05) is 43.3 Å². The number of amides is 4. The van der Waals surface area contributed by atoms with E-state index in [1.54, 1.807) is 0 Å². The number of fused-ring (bicyclic) bond motifs is 2. The van der Waals surface area contributed by atoms with E-state index in [-0.39, 0.29) is 24.4 Å². The fourth-order valence-corrected chi connectivity index (χ4v) is 4.94. The maximum absolute atomic E-state index is 13.4. The maximum atomic E-state index is 13.4. The monoisotopic (exact) mass is 448 g/mol. The normalized spacial score (nSPS) is 20.7. The largest absolute Gasteiger partial charge is 0.353 e. The first-order chi connectivity index (χ1) is 15.9. The third-order valence-electron chi connectivity index (χ3n) is 6.84. The minimum absolute atomic E-state index is 0.0143. The molecule has 2 N–H and O–H groups in total. The lowest BCUT2D eigenvalue weighted by Crippen LogP contribution is -2.47. The standard InChI is InChI=1S/C26H32N4O3/c1-4-18-11-13-20(14-12-18)22(29(2)3)16-27-23(31)17-30-24(32)26(28-25(30)33)15-7-9-19-8-5-6-10-21(19)26/h5-6,8,10-14,22H,4,7,9,15-17H2,1-3H3,(H,27,31)(H,28,33). The summed E-state index contributed by atoms with van der Waals surface area (Å²) in [5.41, 5.74) is 3.23. The van der Waals surface area contributed by atoms with Crippen LogP contribution in [0.4, 0.5) is 4.79 Å². The van der Waals surface area contributed by atoms with Crippen molar-refractivity contribution in [3.63, 3.8) is 0 Å². The van der Waals surface area contributed by atoms with Gasteiger partial charge >= 0.3 is 6.03 Å². The van der Waals surface area contributed by atoms with E-state index in [0.29, 0.717) is 13.0 Å². The SMILES string of the molecule is CCc1ccc(C(CNC(=O)CN2C(=O)NC3(CCCc4ccccc43)C2=O)N(C)C)cc1. The maximum Gasteiger partial charge on any atom is 0.325 e. The third-order valence-corrected chi connectivity index (χ3v) is 6.84. The molecule has 7 heteroatoms. The number of hydrogen-bond donors (Lipinski definition) is 2. The van der Waals surface area contributed by atoms with Crippen LogP contribution in [0.2, 0.25) is 0 Å². The van der Waals surface area contributed by atoms with Crippen molar-refractivity contribution < 1.29 is 14.4 Å². The summed E-state index contributed by atoms with van der Waals surface area (Å²) in [6.45, 7) is 2.21. The van der Waals surface area contributed by atoms with Crippen molar-refractivity contribution in [2.75, 3.05) is 27.2 Å². The summed E-state index contributed by atoms with van der Waals surface area (Å²) in [4.78, 5) is 42.0. The summed E-state index contributed by atoms with van der Waals surface area (Å²) in [7, 11) is 3.93. The minimum Gasteiger partial charge on any atom is -0.353 e. The highest BCUT2D eigenvalue weighted by Gasteiger charge is 2.54.